The number of para-hydroxylation sites is 2. The molecule has 0 radical (unpaired) electrons. The van der Waals surface area contributed by atoms with Crippen LogP contribution in [0.15, 0.2) is 89.9 Å². The maximum Gasteiger partial charge on any atom is 0.321 e. The van der Waals surface area contributed by atoms with Crippen molar-refractivity contribution < 1.29 is 24.0 Å². The van der Waals surface area contributed by atoms with Crippen molar-refractivity contribution in [1.82, 2.24) is 10.6 Å². The summed E-state index contributed by atoms with van der Waals surface area (Å²) in [7, 11) is 0. The molecule has 0 aromatic heterocycles. The number of urea groups is 1. The molecule has 1 unspecified atom stereocenters. The van der Waals surface area contributed by atoms with Crippen LogP contribution in [0.2, 0.25) is 0 Å². The number of hydrogen-bond donors (Lipinski definition) is 3. The fourth-order valence-corrected chi connectivity index (χ4v) is 4.16. The number of carbonyl (C=O) groups excluding carboxylic acids is 5. The molecular weight excluding hydrogens is 498 g/mol. The SMILES string of the molecule is CC(=O)C[C@@H](C=O)NC(=O)CN1C(=O)C(NC(=O)Nc2ccccc2)N=C(c2ccccc2)c2ccccc21. The zero-order valence-electron chi connectivity index (χ0n) is 21.2. The average Bonchev–Trinajstić information content (AvgIpc) is 3.04. The Morgan fingerprint density at radius 1 is 0.949 bits per heavy atom. The number of nitrogens with zero attached hydrogens (tertiary/aromatic N) is 2. The van der Waals surface area contributed by atoms with E-state index in [2.05, 4.69) is 20.9 Å². The second kappa shape index (κ2) is 12.4. The second-order valence-corrected chi connectivity index (χ2v) is 8.87. The molecule has 10 nitrogen and oxygen atoms in total. The van der Waals surface area contributed by atoms with Crippen LogP contribution in [0.5, 0.6) is 0 Å². The minimum Gasteiger partial charge on any atom is -0.345 e. The molecule has 1 heterocycles. The van der Waals surface area contributed by atoms with E-state index in [1.54, 1.807) is 54.6 Å². The zero-order chi connectivity index (χ0) is 27.8. The predicted molar refractivity (Wildman–Crippen MR) is 147 cm³/mol. The Kier molecular flexibility index (Phi) is 8.57. The average molecular weight is 526 g/mol. The smallest absolute Gasteiger partial charge is 0.321 e. The third-order valence-corrected chi connectivity index (χ3v) is 5.87. The van der Waals surface area contributed by atoms with Crippen LogP contribution in [-0.2, 0) is 19.2 Å². The lowest BCUT2D eigenvalue weighted by molar-refractivity contribution is -0.126. The normalized spacial score (nSPS) is 15.2. The molecule has 0 bridgehead atoms. The minimum absolute atomic E-state index is 0.162. The van der Waals surface area contributed by atoms with Gasteiger partial charge in [-0.2, -0.15) is 0 Å². The second-order valence-electron chi connectivity index (χ2n) is 8.87. The van der Waals surface area contributed by atoms with Gasteiger partial charge in [-0.1, -0.05) is 66.7 Å². The molecule has 3 N–H and O–H groups in total. The summed E-state index contributed by atoms with van der Waals surface area (Å²) in [5.74, 6) is -1.56. The quantitative estimate of drug-likeness (QED) is 0.369. The van der Waals surface area contributed by atoms with Gasteiger partial charge in [-0.25, -0.2) is 9.79 Å². The number of nitrogens with one attached hydrogen (secondary N) is 3. The molecule has 2 atom stereocenters. The molecule has 0 aliphatic carbocycles. The molecule has 10 heteroatoms. The van der Waals surface area contributed by atoms with Crippen molar-refractivity contribution in [3.63, 3.8) is 0 Å². The monoisotopic (exact) mass is 525 g/mol. The number of hydrogen-bond acceptors (Lipinski definition) is 6. The summed E-state index contributed by atoms with van der Waals surface area (Å²) in [6, 6.07) is 23.2. The highest BCUT2D eigenvalue weighted by molar-refractivity contribution is 6.21. The summed E-state index contributed by atoms with van der Waals surface area (Å²) < 4.78 is 0. The number of benzene rings is 3. The Balaban J connectivity index is 1.69. The summed E-state index contributed by atoms with van der Waals surface area (Å²) in [5, 5.41) is 7.77. The van der Waals surface area contributed by atoms with Crippen LogP contribution in [0.4, 0.5) is 16.2 Å². The van der Waals surface area contributed by atoms with Crippen molar-refractivity contribution in [3.8, 4) is 0 Å². The van der Waals surface area contributed by atoms with Crippen molar-refractivity contribution in [2.24, 2.45) is 4.99 Å². The summed E-state index contributed by atoms with van der Waals surface area (Å²) in [5.41, 5.74) is 2.67. The molecule has 3 aromatic carbocycles. The maximum atomic E-state index is 13.8. The molecular formula is C29H27N5O5. The largest absolute Gasteiger partial charge is 0.345 e. The Morgan fingerprint density at radius 3 is 2.26 bits per heavy atom. The van der Waals surface area contributed by atoms with Crippen LogP contribution in [0.25, 0.3) is 0 Å². The first-order chi connectivity index (χ1) is 18.9. The molecule has 198 valence electrons. The topological polar surface area (TPSA) is 137 Å². The van der Waals surface area contributed by atoms with Crippen LogP contribution in [0.3, 0.4) is 0 Å². The number of amides is 4. The number of aldehydes is 1. The van der Waals surface area contributed by atoms with Gasteiger partial charge in [0, 0.05) is 23.2 Å². The van der Waals surface area contributed by atoms with Crippen LogP contribution in [0.1, 0.15) is 24.5 Å². The van der Waals surface area contributed by atoms with E-state index >= 15 is 0 Å². The summed E-state index contributed by atoms with van der Waals surface area (Å²) in [6.45, 7) is 0.852. The van der Waals surface area contributed by atoms with Crippen LogP contribution < -0.4 is 20.9 Å². The van der Waals surface area contributed by atoms with Crippen molar-refractivity contribution >= 4 is 47.0 Å². The molecule has 0 spiro atoms. The van der Waals surface area contributed by atoms with Gasteiger partial charge in [0.1, 0.15) is 18.6 Å². The van der Waals surface area contributed by atoms with E-state index < -0.39 is 36.6 Å². The van der Waals surface area contributed by atoms with Gasteiger partial charge < -0.3 is 20.7 Å². The summed E-state index contributed by atoms with van der Waals surface area (Å²) in [4.78, 5) is 68.3. The lowest BCUT2D eigenvalue weighted by atomic mass is 10.0. The molecule has 39 heavy (non-hydrogen) atoms. The Bertz CT molecular complexity index is 1410. The molecule has 0 saturated carbocycles. The fourth-order valence-electron chi connectivity index (χ4n) is 4.16. The lowest BCUT2D eigenvalue weighted by Crippen LogP contribution is -2.52. The number of anilines is 2. The van der Waals surface area contributed by atoms with E-state index in [0.717, 1.165) is 0 Å². The van der Waals surface area contributed by atoms with Crippen molar-refractivity contribution in [2.75, 3.05) is 16.8 Å². The minimum atomic E-state index is -1.37. The van der Waals surface area contributed by atoms with Gasteiger partial charge in [0.2, 0.25) is 12.1 Å². The maximum absolute atomic E-state index is 13.8. The van der Waals surface area contributed by atoms with Gasteiger partial charge in [0.15, 0.2) is 0 Å². The van der Waals surface area contributed by atoms with Crippen LogP contribution in [0, 0.1) is 0 Å². The van der Waals surface area contributed by atoms with Crippen LogP contribution in [-0.4, -0.2) is 54.4 Å². The number of carbonyl (C=O) groups is 5. The zero-order valence-corrected chi connectivity index (χ0v) is 21.2. The molecule has 1 aliphatic rings. The van der Waals surface area contributed by atoms with Gasteiger partial charge >= 0.3 is 6.03 Å². The molecule has 0 saturated heterocycles. The molecule has 4 rings (SSSR count). The highest BCUT2D eigenvalue weighted by Crippen LogP contribution is 2.28. The molecule has 1 aliphatic heterocycles. The van der Waals surface area contributed by atoms with Crippen molar-refractivity contribution in [2.45, 2.75) is 25.6 Å². The van der Waals surface area contributed by atoms with Gasteiger partial charge in [-0.15, -0.1) is 0 Å². The Hall–Kier alpha value is -5.12. The first kappa shape index (κ1) is 26.9. The number of benzodiazepines with no additional fused rings is 1. The fraction of sp³-hybridized carbons (Fsp3) is 0.172. The first-order valence-corrected chi connectivity index (χ1v) is 12.3. The standard InChI is InChI=1S/C29H27N5O5/c1-19(36)16-22(18-35)30-25(37)17-34-24-15-9-8-14-23(24)26(20-10-4-2-5-11-20)32-27(28(34)38)33-29(39)31-21-12-6-3-7-13-21/h2-15,18,22,27H,16-17H2,1H3,(H,30,37)(H2,31,33,39)/t22-,27?/m0/s1. The van der Waals surface area contributed by atoms with Gasteiger partial charge in [-0.3, -0.25) is 19.3 Å². The van der Waals surface area contributed by atoms with Gasteiger partial charge in [-0.05, 0) is 25.1 Å². The molecule has 3 aromatic rings. The van der Waals surface area contributed by atoms with Crippen molar-refractivity contribution in [1.29, 1.82) is 0 Å². The lowest BCUT2D eigenvalue weighted by Gasteiger charge is -2.25. The van der Waals surface area contributed by atoms with Crippen LogP contribution >= 0.6 is 0 Å². The number of ketones is 1. The molecule has 4 amide bonds. The Labute approximate surface area is 225 Å². The van der Waals surface area contributed by atoms with E-state index in [0.29, 0.717) is 34.5 Å². The van der Waals surface area contributed by atoms with E-state index in [1.165, 1.54) is 11.8 Å². The van der Waals surface area contributed by atoms with E-state index in [4.69, 9.17) is 0 Å². The van der Waals surface area contributed by atoms with E-state index in [-0.39, 0.29) is 12.2 Å². The van der Waals surface area contributed by atoms with E-state index in [9.17, 15) is 24.0 Å². The third-order valence-electron chi connectivity index (χ3n) is 5.87. The molecule has 0 fully saturated rings. The van der Waals surface area contributed by atoms with Crippen molar-refractivity contribution in [3.05, 3.63) is 96.1 Å². The number of rotatable bonds is 9. The summed E-state index contributed by atoms with van der Waals surface area (Å²) >= 11 is 0. The highest BCUT2D eigenvalue weighted by atomic mass is 16.2. The summed E-state index contributed by atoms with van der Waals surface area (Å²) in [6.07, 6.45) is -1.06. The highest BCUT2D eigenvalue weighted by Gasteiger charge is 2.34. The van der Waals surface area contributed by atoms with E-state index in [1.807, 2.05) is 30.3 Å². The van der Waals surface area contributed by atoms with Gasteiger partial charge in [0.05, 0.1) is 17.4 Å². The third kappa shape index (κ3) is 6.80. The predicted octanol–water partition coefficient (Wildman–Crippen LogP) is 2.68. The number of fused-ring (bicyclic) bond motifs is 1. The van der Waals surface area contributed by atoms with Gasteiger partial charge in [0.25, 0.3) is 5.91 Å². The number of Topliss-reactive ketones (excluding diaryl/α,β-unsaturated/α-hetero) is 1. The first-order valence-electron chi connectivity index (χ1n) is 12.3. The number of aliphatic imine (C=N–C) groups is 1. The Morgan fingerprint density at radius 2 is 1.59 bits per heavy atom.